The summed E-state index contributed by atoms with van der Waals surface area (Å²) in [5, 5.41) is 10.4. The molecule has 18 heavy (non-hydrogen) atoms. The molecule has 0 spiro atoms. The number of ether oxygens (including phenoxy) is 3. The molecule has 0 bridgehead atoms. The molecule has 7 heteroatoms. The van der Waals surface area contributed by atoms with Crippen molar-refractivity contribution in [2.24, 2.45) is 0 Å². The van der Waals surface area contributed by atoms with Gasteiger partial charge in [0, 0.05) is 18.2 Å². The molecule has 0 heterocycles. The maximum Gasteiger partial charge on any atom is 0.413 e. The summed E-state index contributed by atoms with van der Waals surface area (Å²) in [6.07, 6.45) is -0.868. The van der Waals surface area contributed by atoms with Crippen LogP contribution >= 0.6 is 0 Å². The van der Waals surface area contributed by atoms with Gasteiger partial charge >= 0.3 is 12.1 Å². The lowest BCUT2D eigenvalue weighted by molar-refractivity contribution is -0.135. The first-order valence-electron chi connectivity index (χ1n) is 4.95. The molecule has 0 saturated carbocycles. The number of rotatable bonds is 5. The highest BCUT2D eigenvalue weighted by Gasteiger charge is 2.09. The SMILES string of the molecule is COc1cc(OC)cc(OC(=O)NCC(=O)O)c1. The average Bonchev–Trinajstić information content (AvgIpc) is 2.35. The number of methoxy groups -OCH3 is 2. The van der Waals surface area contributed by atoms with E-state index in [-0.39, 0.29) is 5.75 Å². The van der Waals surface area contributed by atoms with Crippen molar-refractivity contribution in [3.8, 4) is 17.2 Å². The lowest BCUT2D eigenvalue weighted by Gasteiger charge is -2.09. The highest BCUT2D eigenvalue weighted by Crippen LogP contribution is 2.27. The van der Waals surface area contributed by atoms with Crippen molar-refractivity contribution in [2.45, 2.75) is 0 Å². The van der Waals surface area contributed by atoms with E-state index in [0.29, 0.717) is 11.5 Å². The lowest BCUT2D eigenvalue weighted by Crippen LogP contribution is -2.31. The van der Waals surface area contributed by atoms with Crippen molar-refractivity contribution >= 4 is 12.1 Å². The van der Waals surface area contributed by atoms with E-state index < -0.39 is 18.6 Å². The molecule has 2 N–H and O–H groups in total. The third kappa shape index (κ3) is 4.20. The first-order chi connectivity index (χ1) is 8.55. The summed E-state index contributed by atoms with van der Waals surface area (Å²) in [6, 6.07) is 4.56. The van der Waals surface area contributed by atoms with Gasteiger partial charge in [0.25, 0.3) is 0 Å². The van der Waals surface area contributed by atoms with E-state index in [9.17, 15) is 9.59 Å². The maximum atomic E-state index is 11.2. The number of hydrogen-bond donors (Lipinski definition) is 2. The zero-order chi connectivity index (χ0) is 13.5. The fraction of sp³-hybridized carbons (Fsp3) is 0.273. The van der Waals surface area contributed by atoms with E-state index in [1.54, 1.807) is 6.07 Å². The number of aliphatic carboxylic acids is 1. The summed E-state index contributed by atoms with van der Waals surface area (Å²) in [4.78, 5) is 21.5. The Hall–Kier alpha value is -2.44. The number of carboxylic acids is 1. The van der Waals surface area contributed by atoms with Crippen LogP contribution in [0.15, 0.2) is 18.2 Å². The molecule has 0 aliphatic rings. The van der Waals surface area contributed by atoms with Gasteiger partial charge < -0.3 is 24.6 Å². The highest BCUT2D eigenvalue weighted by atomic mass is 16.6. The second kappa shape index (κ2) is 6.33. The Morgan fingerprint density at radius 2 is 1.61 bits per heavy atom. The molecule has 0 aliphatic heterocycles. The van der Waals surface area contributed by atoms with Gasteiger partial charge in [-0.05, 0) is 0 Å². The zero-order valence-electron chi connectivity index (χ0n) is 9.93. The largest absolute Gasteiger partial charge is 0.496 e. The number of carbonyl (C=O) groups excluding carboxylic acids is 1. The van der Waals surface area contributed by atoms with E-state index in [1.165, 1.54) is 26.4 Å². The summed E-state index contributed by atoms with van der Waals surface area (Å²) in [6.45, 7) is -0.514. The minimum absolute atomic E-state index is 0.189. The van der Waals surface area contributed by atoms with Crippen molar-refractivity contribution < 1.29 is 28.9 Å². The molecule has 1 rings (SSSR count). The van der Waals surface area contributed by atoms with Crippen molar-refractivity contribution in [3.63, 3.8) is 0 Å². The van der Waals surface area contributed by atoms with Crippen LogP contribution in [0.25, 0.3) is 0 Å². The molecule has 1 aromatic rings. The molecule has 0 radical (unpaired) electrons. The number of hydrogen-bond acceptors (Lipinski definition) is 5. The zero-order valence-corrected chi connectivity index (χ0v) is 9.93. The minimum Gasteiger partial charge on any atom is -0.496 e. The number of nitrogens with one attached hydrogen (secondary N) is 1. The average molecular weight is 255 g/mol. The van der Waals surface area contributed by atoms with E-state index in [1.807, 2.05) is 0 Å². The van der Waals surface area contributed by atoms with Crippen LogP contribution in [-0.2, 0) is 4.79 Å². The molecule has 7 nitrogen and oxygen atoms in total. The molecule has 1 aromatic carbocycles. The standard InChI is InChI=1S/C11H13NO6/c1-16-7-3-8(17-2)5-9(4-7)18-11(15)12-6-10(13)14/h3-5H,6H2,1-2H3,(H,12,15)(H,13,14). The minimum atomic E-state index is -1.16. The summed E-state index contributed by atoms with van der Waals surface area (Å²) in [5.74, 6) is -0.0602. The summed E-state index contributed by atoms with van der Waals surface area (Å²) in [5.41, 5.74) is 0. The topological polar surface area (TPSA) is 94.1 Å². The lowest BCUT2D eigenvalue weighted by atomic mass is 10.3. The van der Waals surface area contributed by atoms with Crippen LogP contribution in [-0.4, -0.2) is 37.9 Å². The maximum absolute atomic E-state index is 11.2. The Kier molecular flexibility index (Phi) is 4.79. The van der Waals surface area contributed by atoms with Crippen molar-refractivity contribution in [2.75, 3.05) is 20.8 Å². The third-order valence-corrected chi connectivity index (χ3v) is 1.92. The Balaban J connectivity index is 2.71. The smallest absolute Gasteiger partial charge is 0.413 e. The van der Waals surface area contributed by atoms with E-state index in [0.717, 1.165) is 0 Å². The number of benzene rings is 1. The first-order valence-corrected chi connectivity index (χ1v) is 4.95. The molecule has 1 amide bonds. The summed E-state index contributed by atoms with van der Waals surface area (Å²) >= 11 is 0. The van der Waals surface area contributed by atoms with Gasteiger partial charge in [-0.1, -0.05) is 0 Å². The molecule has 0 fully saturated rings. The van der Waals surface area contributed by atoms with Gasteiger partial charge in [0.05, 0.1) is 14.2 Å². The van der Waals surface area contributed by atoms with Crippen LogP contribution in [0.2, 0.25) is 0 Å². The molecular weight excluding hydrogens is 242 g/mol. The van der Waals surface area contributed by atoms with Crippen molar-refractivity contribution in [1.82, 2.24) is 5.32 Å². The molecule has 0 saturated heterocycles. The van der Waals surface area contributed by atoms with Crippen LogP contribution in [0.5, 0.6) is 17.2 Å². The molecule has 0 aromatic heterocycles. The van der Waals surface area contributed by atoms with Gasteiger partial charge in [-0.15, -0.1) is 0 Å². The summed E-state index contributed by atoms with van der Waals surface area (Å²) < 4.78 is 14.9. The highest BCUT2D eigenvalue weighted by molar-refractivity contribution is 5.77. The van der Waals surface area contributed by atoms with Crippen LogP contribution in [0, 0.1) is 0 Å². The number of carboxylic acid groups (broad SMARTS) is 1. The van der Waals surface area contributed by atoms with E-state index in [2.05, 4.69) is 5.32 Å². The van der Waals surface area contributed by atoms with Gasteiger partial charge in [0.15, 0.2) is 0 Å². The number of carbonyl (C=O) groups is 2. The Labute approximate surface area is 103 Å². The monoisotopic (exact) mass is 255 g/mol. The Morgan fingerprint density at radius 3 is 2.06 bits per heavy atom. The van der Waals surface area contributed by atoms with Crippen LogP contribution in [0.3, 0.4) is 0 Å². The van der Waals surface area contributed by atoms with E-state index >= 15 is 0 Å². The molecular formula is C11H13NO6. The van der Waals surface area contributed by atoms with Gasteiger partial charge in [-0.25, -0.2) is 4.79 Å². The first kappa shape index (κ1) is 13.6. The summed E-state index contributed by atoms with van der Waals surface area (Å²) in [7, 11) is 2.92. The second-order valence-electron chi connectivity index (χ2n) is 3.19. The predicted molar refractivity (Wildman–Crippen MR) is 61.2 cm³/mol. The van der Waals surface area contributed by atoms with Crippen LogP contribution < -0.4 is 19.5 Å². The Bertz CT molecular complexity index is 423. The van der Waals surface area contributed by atoms with Gasteiger partial charge in [-0.2, -0.15) is 0 Å². The van der Waals surface area contributed by atoms with Gasteiger partial charge in [-0.3, -0.25) is 4.79 Å². The van der Waals surface area contributed by atoms with Crippen LogP contribution in [0.1, 0.15) is 0 Å². The second-order valence-corrected chi connectivity index (χ2v) is 3.19. The Morgan fingerprint density at radius 1 is 1.11 bits per heavy atom. The normalized spacial score (nSPS) is 9.44. The fourth-order valence-corrected chi connectivity index (χ4v) is 1.13. The van der Waals surface area contributed by atoms with E-state index in [4.69, 9.17) is 19.3 Å². The fourth-order valence-electron chi connectivity index (χ4n) is 1.13. The molecule has 0 atom stereocenters. The van der Waals surface area contributed by atoms with Gasteiger partial charge in [0.1, 0.15) is 23.8 Å². The quantitative estimate of drug-likeness (QED) is 0.811. The van der Waals surface area contributed by atoms with Crippen molar-refractivity contribution in [3.05, 3.63) is 18.2 Å². The predicted octanol–water partition coefficient (Wildman–Crippen LogP) is 0.877. The molecule has 98 valence electrons. The van der Waals surface area contributed by atoms with Gasteiger partial charge in [0.2, 0.25) is 0 Å². The molecule has 0 aliphatic carbocycles. The number of amides is 1. The van der Waals surface area contributed by atoms with Crippen molar-refractivity contribution in [1.29, 1.82) is 0 Å². The van der Waals surface area contributed by atoms with Crippen LogP contribution in [0.4, 0.5) is 4.79 Å². The third-order valence-electron chi connectivity index (χ3n) is 1.92. The molecule has 0 unspecified atom stereocenters.